The fourth-order valence-corrected chi connectivity index (χ4v) is 1.86. The molecule has 1 N–H and O–H groups in total. The summed E-state index contributed by atoms with van der Waals surface area (Å²) in [6, 6.07) is 8.56. The van der Waals surface area contributed by atoms with Crippen LogP contribution >= 0.6 is 0 Å². The van der Waals surface area contributed by atoms with E-state index < -0.39 is 0 Å². The highest BCUT2D eigenvalue weighted by molar-refractivity contribution is 5.95. The summed E-state index contributed by atoms with van der Waals surface area (Å²) < 4.78 is 13.2. The first-order chi connectivity index (χ1) is 7.84. The van der Waals surface area contributed by atoms with Gasteiger partial charge in [0, 0.05) is 35.1 Å². The summed E-state index contributed by atoms with van der Waals surface area (Å²) in [5.74, 6) is -0.220. The standard InChI is InChI=1S/C13H9FN2/c14-10-1-2-13-11(7-10)12(8-16-13)9-3-5-15-6-4-9/h1-8,16H. The van der Waals surface area contributed by atoms with Gasteiger partial charge in [0.15, 0.2) is 0 Å². The lowest BCUT2D eigenvalue weighted by atomic mass is 10.1. The van der Waals surface area contributed by atoms with E-state index in [0.29, 0.717) is 0 Å². The van der Waals surface area contributed by atoms with Crippen molar-refractivity contribution in [2.24, 2.45) is 0 Å². The van der Waals surface area contributed by atoms with Crippen molar-refractivity contribution < 1.29 is 4.39 Å². The van der Waals surface area contributed by atoms with Crippen molar-refractivity contribution in [3.05, 3.63) is 54.7 Å². The molecule has 0 saturated heterocycles. The Labute approximate surface area is 91.8 Å². The first kappa shape index (κ1) is 9.09. The second-order valence-electron chi connectivity index (χ2n) is 3.63. The Kier molecular flexibility index (Phi) is 1.96. The SMILES string of the molecule is Fc1ccc2[nH]cc(-c3ccncc3)c2c1. The molecule has 0 aliphatic carbocycles. The molecule has 0 atom stereocenters. The van der Waals surface area contributed by atoms with Crippen LogP contribution in [0.15, 0.2) is 48.9 Å². The summed E-state index contributed by atoms with van der Waals surface area (Å²) in [5.41, 5.74) is 2.97. The number of benzene rings is 1. The van der Waals surface area contributed by atoms with Gasteiger partial charge in [0.2, 0.25) is 0 Å². The number of rotatable bonds is 1. The average molecular weight is 212 g/mol. The van der Waals surface area contributed by atoms with Crippen LogP contribution in [0.25, 0.3) is 22.0 Å². The van der Waals surface area contributed by atoms with Gasteiger partial charge in [-0.05, 0) is 35.9 Å². The number of pyridine rings is 1. The third kappa shape index (κ3) is 1.37. The lowest BCUT2D eigenvalue weighted by Gasteiger charge is -1.98. The molecule has 0 aliphatic heterocycles. The molecule has 1 aromatic carbocycles. The molecule has 3 heteroatoms. The second kappa shape index (κ2) is 3.45. The molecule has 0 spiro atoms. The van der Waals surface area contributed by atoms with Gasteiger partial charge < -0.3 is 4.98 Å². The van der Waals surface area contributed by atoms with Crippen molar-refractivity contribution in [3.8, 4) is 11.1 Å². The van der Waals surface area contributed by atoms with Gasteiger partial charge in [-0.3, -0.25) is 4.98 Å². The minimum absolute atomic E-state index is 0.220. The smallest absolute Gasteiger partial charge is 0.123 e. The zero-order valence-electron chi connectivity index (χ0n) is 8.44. The van der Waals surface area contributed by atoms with E-state index in [1.165, 1.54) is 6.07 Å². The average Bonchev–Trinajstić information content (AvgIpc) is 2.73. The maximum absolute atomic E-state index is 13.2. The number of nitrogens with one attached hydrogen (secondary N) is 1. The van der Waals surface area contributed by atoms with Crippen LogP contribution in [0.4, 0.5) is 4.39 Å². The molecular weight excluding hydrogens is 203 g/mol. The highest BCUT2D eigenvalue weighted by Crippen LogP contribution is 2.28. The maximum Gasteiger partial charge on any atom is 0.123 e. The fourth-order valence-electron chi connectivity index (χ4n) is 1.86. The minimum Gasteiger partial charge on any atom is -0.361 e. The predicted octanol–water partition coefficient (Wildman–Crippen LogP) is 3.37. The zero-order chi connectivity index (χ0) is 11.0. The molecule has 0 fully saturated rings. The van der Waals surface area contributed by atoms with Crippen LogP contribution in [0.2, 0.25) is 0 Å². The number of hydrogen-bond acceptors (Lipinski definition) is 1. The largest absolute Gasteiger partial charge is 0.361 e. The molecule has 16 heavy (non-hydrogen) atoms. The molecular formula is C13H9FN2. The monoisotopic (exact) mass is 212 g/mol. The third-order valence-electron chi connectivity index (χ3n) is 2.64. The number of nitrogens with zero attached hydrogens (tertiary/aromatic N) is 1. The van der Waals surface area contributed by atoms with E-state index in [9.17, 15) is 4.39 Å². The molecule has 3 rings (SSSR count). The van der Waals surface area contributed by atoms with E-state index in [1.54, 1.807) is 24.5 Å². The molecule has 3 aromatic rings. The van der Waals surface area contributed by atoms with E-state index in [-0.39, 0.29) is 5.82 Å². The van der Waals surface area contributed by atoms with E-state index in [1.807, 2.05) is 18.3 Å². The van der Waals surface area contributed by atoms with Crippen LogP contribution in [0, 0.1) is 5.82 Å². The van der Waals surface area contributed by atoms with Gasteiger partial charge in [-0.25, -0.2) is 4.39 Å². The quantitative estimate of drug-likeness (QED) is 0.658. The van der Waals surface area contributed by atoms with Crippen molar-refractivity contribution in [1.29, 1.82) is 0 Å². The summed E-state index contributed by atoms with van der Waals surface area (Å²) in [6.07, 6.45) is 5.35. The van der Waals surface area contributed by atoms with Crippen molar-refractivity contribution in [2.75, 3.05) is 0 Å². The van der Waals surface area contributed by atoms with Crippen LogP contribution in [0.1, 0.15) is 0 Å². The molecule has 2 nitrogen and oxygen atoms in total. The Hall–Kier alpha value is -2.16. The summed E-state index contributed by atoms with van der Waals surface area (Å²) >= 11 is 0. The third-order valence-corrected chi connectivity index (χ3v) is 2.64. The second-order valence-corrected chi connectivity index (χ2v) is 3.63. The van der Waals surface area contributed by atoms with E-state index in [4.69, 9.17) is 0 Å². The predicted molar refractivity (Wildman–Crippen MR) is 61.5 cm³/mol. The van der Waals surface area contributed by atoms with Gasteiger partial charge >= 0.3 is 0 Å². The van der Waals surface area contributed by atoms with Crippen molar-refractivity contribution >= 4 is 10.9 Å². The molecule has 0 radical (unpaired) electrons. The van der Waals surface area contributed by atoms with E-state index in [0.717, 1.165) is 22.0 Å². The molecule has 0 saturated carbocycles. The number of aromatic amines is 1. The Morgan fingerprint density at radius 1 is 1.06 bits per heavy atom. The Balaban J connectivity index is 2.29. The normalized spacial score (nSPS) is 10.8. The summed E-state index contributed by atoms with van der Waals surface area (Å²) in [7, 11) is 0. The zero-order valence-corrected chi connectivity index (χ0v) is 8.44. The highest BCUT2D eigenvalue weighted by Gasteiger charge is 2.06. The van der Waals surface area contributed by atoms with Crippen molar-refractivity contribution in [2.45, 2.75) is 0 Å². The Bertz CT molecular complexity index is 629. The fraction of sp³-hybridized carbons (Fsp3) is 0. The number of hydrogen-bond donors (Lipinski definition) is 1. The van der Waals surface area contributed by atoms with Crippen molar-refractivity contribution in [1.82, 2.24) is 9.97 Å². The van der Waals surface area contributed by atoms with Gasteiger partial charge in [0.25, 0.3) is 0 Å². The Morgan fingerprint density at radius 3 is 2.69 bits per heavy atom. The van der Waals surface area contributed by atoms with Gasteiger partial charge in [-0.2, -0.15) is 0 Å². The summed E-state index contributed by atoms with van der Waals surface area (Å²) in [5, 5.41) is 0.895. The summed E-state index contributed by atoms with van der Waals surface area (Å²) in [4.78, 5) is 7.10. The molecule has 0 aliphatic rings. The highest BCUT2D eigenvalue weighted by atomic mass is 19.1. The van der Waals surface area contributed by atoms with Gasteiger partial charge in [0.05, 0.1) is 0 Å². The number of fused-ring (bicyclic) bond motifs is 1. The number of aromatic nitrogens is 2. The number of H-pyrrole nitrogens is 1. The van der Waals surface area contributed by atoms with Gasteiger partial charge in [-0.15, -0.1) is 0 Å². The van der Waals surface area contributed by atoms with Crippen molar-refractivity contribution in [3.63, 3.8) is 0 Å². The molecule has 78 valence electrons. The van der Waals surface area contributed by atoms with Crippen LogP contribution < -0.4 is 0 Å². The van der Waals surface area contributed by atoms with Crippen LogP contribution in [0.5, 0.6) is 0 Å². The molecule has 0 bridgehead atoms. The molecule has 2 heterocycles. The topological polar surface area (TPSA) is 28.7 Å². The van der Waals surface area contributed by atoms with Gasteiger partial charge in [-0.1, -0.05) is 0 Å². The first-order valence-corrected chi connectivity index (χ1v) is 5.01. The van der Waals surface area contributed by atoms with Crippen LogP contribution in [-0.4, -0.2) is 9.97 Å². The molecule has 0 amide bonds. The van der Waals surface area contributed by atoms with E-state index >= 15 is 0 Å². The van der Waals surface area contributed by atoms with Crippen LogP contribution in [0.3, 0.4) is 0 Å². The maximum atomic E-state index is 13.2. The van der Waals surface area contributed by atoms with Crippen LogP contribution in [-0.2, 0) is 0 Å². The lowest BCUT2D eigenvalue weighted by Crippen LogP contribution is -1.77. The van der Waals surface area contributed by atoms with E-state index in [2.05, 4.69) is 9.97 Å². The minimum atomic E-state index is -0.220. The molecule has 0 unspecified atom stereocenters. The molecule has 2 aromatic heterocycles. The Morgan fingerprint density at radius 2 is 1.88 bits per heavy atom. The number of halogens is 1. The summed E-state index contributed by atoms with van der Waals surface area (Å²) in [6.45, 7) is 0. The first-order valence-electron chi connectivity index (χ1n) is 5.01. The van der Waals surface area contributed by atoms with Gasteiger partial charge in [0.1, 0.15) is 5.82 Å². The lowest BCUT2D eigenvalue weighted by molar-refractivity contribution is 0.630.